The first-order valence-corrected chi connectivity index (χ1v) is 13.4. The van der Waals surface area contributed by atoms with Crippen LogP contribution >= 0.6 is 0 Å². The molecule has 9 rings (SSSR count). The van der Waals surface area contributed by atoms with Crippen molar-refractivity contribution in [2.75, 3.05) is 0 Å². The van der Waals surface area contributed by atoms with Crippen LogP contribution in [-0.4, -0.2) is 9.38 Å². The lowest BCUT2D eigenvalue weighted by molar-refractivity contribution is 1.37. The molecule has 0 aliphatic heterocycles. The molecule has 0 saturated carbocycles. The SMILES string of the molecule is c1ccc(-c2ccc3nc(-c4ccc5c(c4)c4cccc6c7ccccc7n5c64)c4ccccc4c3c2)cc1. The molecule has 6 aromatic carbocycles. The smallest absolute Gasteiger partial charge is 0.0788 e. The van der Waals surface area contributed by atoms with Crippen LogP contribution in [0.25, 0.3) is 82.2 Å². The minimum Gasteiger partial charge on any atom is -0.308 e. The zero-order chi connectivity index (χ0) is 25.5. The number of para-hydroxylation sites is 2. The Labute approximate surface area is 224 Å². The molecule has 39 heavy (non-hydrogen) atoms. The third kappa shape index (κ3) is 2.83. The summed E-state index contributed by atoms with van der Waals surface area (Å²) in [6.07, 6.45) is 0. The Morgan fingerprint density at radius 1 is 0.385 bits per heavy atom. The van der Waals surface area contributed by atoms with E-state index in [9.17, 15) is 0 Å². The molecule has 0 fully saturated rings. The summed E-state index contributed by atoms with van der Waals surface area (Å²) < 4.78 is 2.43. The molecule has 0 spiro atoms. The molecule has 0 amide bonds. The second kappa shape index (κ2) is 7.66. The van der Waals surface area contributed by atoms with E-state index >= 15 is 0 Å². The molecule has 0 saturated heterocycles. The maximum absolute atomic E-state index is 5.26. The van der Waals surface area contributed by atoms with Crippen LogP contribution in [0, 0.1) is 0 Å². The highest BCUT2D eigenvalue weighted by Gasteiger charge is 2.18. The number of pyridine rings is 1. The van der Waals surface area contributed by atoms with Crippen molar-refractivity contribution in [3.05, 3.63) is 133 Å². The molecule has 0 N–H and O–H groups in total. The van der Waals surface area contributed by atoms with E-state index < -0.39 is 0 Å². The van der Waals surface area contributed by atoms with Gasteiger partial charge in [0.15, 0.2) is 0 Å². The van der Waals surface area contributed by atoms with Crippen molar-refractivity contribution in [3.8, 4) is 22.4 Å². The van der Waals surface area contributed by atoms with E-state index in [2.05, 4.69) is 138 Å². The Morgan fingerprint density at radius 3 is 1.90 bits per heavy atom. The summed E-state index contributed by atoms with van der Waals surface area (Å²) in [4.78, 5) is 5.26. The van der Waals surface area contributed by atoms with Gasteiger partial charge in [0, 0.05) is 37.9 Å². The molecule has 3 aromatic heterocycles. The maximum Gasteiger partial charge on any atom is 0.0788 e. The molecule has 2 nitrogen and oxygen atoms in total. The molecule has 3 heterocycles. The van der Waals surface area contributed by atoms with Gasteiger partial charge < -0.3 is 4.40 Å². The largest absolute Gasteiger partial charge is 0.308 e. The predicted molar refractivity (Wildman–Crippen MR) is 165 cm³/mol. The van der Waals surface area contributed by atoms with Crippen LogP contribution in [0.5, 0.6) is 0 Å². The lowest BCUT2D eigenvalue weighted by atomic mass is 9.96. The first-order chi connectivity index (χ1) is 19.3. The van der Waals surface area contributed by atoms with Crippen LogP contribution < -0.4 is 0 Å². The van der Waals surface area contributed by atoms with E-state index in [0.29, 0.717) is 0 Å². The third-order valence-electron chi connectivity index (χ3n) is 8.30. The Bertz CT molecular complexity index is 2380. The van der Waals surface area contributed by atoms with Crippen molar-refractivity contribution in [2.45, 2.75) is 0 Å². The van der Waals surface area contributed by atoms with Gasteiger partial charge in [-0.15, -0.1) is 0 Å². The van der Waals surface area contributed by atoms with Crippen LogP contribution in [0.4, 0.5) is 0 Å². The Hall–Kier alpha value is -5.21. The highest BCUT2D eigenvalue weighted by atomic mass is 14.9. The normalized spacial score (nSPS) is 12.1. The van der Waals surface area contributed by atoms with Gasteiger partial charge in [0.2, 0.25) is 0 Å². The summed E-state index contributed by atoms with van der Waals surface area (Å²) >= 11 is 0. The van der Waals surface area contributed by atoms with Crippen molar-refractivity contribution in [1.82, 2.24) is 9.38 Å². The molecule has 0 unspecified atom stereocenters. The van der Waals surface area contributed by atoms with Gasteiger partial charge in [-0.1, -0.05) is 103 Å². The minimum absolute atomic E-state index is 1.02. The van der Waals surface area contributed by atoms with E-state index in [-0.39, 0.29) is 0 Å². The molecule has 2 heteroatoms. The van der Waals surface area contributed by atoms with E-state index in [1.54, 1.807) is 0 Å². The van der Waals surface area contributed by atoms with Gasteiger partial charge in [-0.2, -0.15) is 0 Å². The number of fused-ring (bicyclic) bond motifs is 9. The fourth-order valence-electron chi connectivity index (χ4n) is 6.56. The predicted octanol–water partition coefficient (Wildman–Crippen LogP) is 9.87. The summed E-state index contributed by atoms with van der Waals surface area (Å²) in [7, 11) is 0. The molecule has 0 aliphatic rings. The zero-order valence-corrected chi connectivity index (χ0v) is 21.1. The maximum atomic E-state index is 5.26. The summed E-state index contributed by atoms with van der Waals surface area (Å²) in [6.45, 7) is 0. The number of hydrogen-bond acceptors (Lipinski definition) is 1. The zero-order valence-electron chi connectivity index (χ0n) is 21.1. The quantitative estimate of drug-likeness (QED) is 0.219. The van der Waals surface area contributed by atoms with Gasteiger partial charge in [0.1, 0.15) is 0 Å². The summed E-state index contributed by atoms with van der Waals surface area (Å²) in [5, 5.41) is 8.77. The van der Waals surface area contributed by atoms with Gasteiger partial charge in [0.05, 0.1) is 27.8 Å². The lowest BCUT2D eigenvalue weighted by Gasteiger charge is -2.12. The molecule has 180 valence electrons. The Balaban J connectivity index is 1.32. The monoisotopic (exact) mass is 494 g/mol. The van der Waals surface area contributed by atoms with Crippen LogP contribution in [-0.2, 0) is 0 Å². The fourth-order valence-corrected chi connectivity index (χ4v) is 6.56. The second-order valence-electron chi connectivity index (χ2n) is 10.4. The fraction of sp³-hybridized carbons (Fsp3) is 0. The number of nitrogens with zero attached hydrogens (tertiary/aromatic N) is 2. The van der Waals surface area contributed by atoms with Gasteiger partial charge in [-0.05, 0) is 46.8 Å². The molecular formula is C37H22N2. The van der Waals surface area contributed by atoms with Crippen LogP contribution in [0.15, 0.2) is 133 Å². The number of hydrogen-bond donors (Lipinski definition) is 0. The first-order valence-electron chi connectivity index (χ1n) is 13.4. The van der Waals surface area contributed by atoms with Crippen molar-refractivity contribution < 1.29 is 0 Å². The second-order valence-corrected chi connectivity index (χ2v) is 10.4. The highest BCUT2D eigenvalue weighted by molar-refractivity contribution is 6.24. The highest BCUT2D eigenvalue weighted by Crippen LogP contribution is 2.41. The summed E-state index contributed by atoms with van der Waals surface area (Å²) in [5.41, 5.74) is 9.42. The van der Waals surface area contributed by atoms with Gasteiger partial charge in [-0.25, -0.2) is 4.98 Å². The van der Waals surface area contributed by atoms with Crippen LogP contribution in [0.3, 0.4) is 0 Å². The van der Waals surface area contributed by atoms with E-state index in [1.165, 1.54) is 65.4 Å². The number of rotatable bonds is 2. The molecule has 0 aliphatic carbocycles. The summed E-state index contributed by atoms with van der Waals surface area (Å²) in [6, 6.07) is 48.1. The third-order valence-corrected chi connectivity index (χ3v) is 8.30. The van der Waals surface area contributed by atoms with Gasteiger partial charge >= 0.3 is 0 Å². The topological polar surface area (TPSA) is 17.3 Å². The molecule has 9 aromatic rings. The van der Waals surface area contributed by atoms with Crippen molar-refractivity contribution in [1.29, 1.82) is 0 Å². The Morgan fingerprint density at radius 2 is 1.03 bits per heavy atom. The van der Waals surface area contributed by atoms with Crippen molar-refractivity contribution in [3.63, 3.8) is 0 Å². The molecule has 0 radical (unpaired) electrons. The van der Waals surface area contributed by atoms with Gasteiger partial charge in [-0.3, -0.25) is 0 Å². The van der Waals surface area contributed by atoms with Crippen molar-refractivity contribution >= 4 is 59.8 Å². The lowest BCUT2D eigenvalue weighted by Crippen LogP contribution is -1.91. The Kier molecular flexibility index (Phi) is 4.08. The molecule has 0 bridgehead atoms. The van der Waals surface area contributed by atoms with E-state index in [1.807, 2.05) is 0 Å². The average molecular weight is 495 g/mol. The van der Waals surface area contributed by atoms with Crippen molar-refractivity contribution in [2.24, 2.45) is 0 Å². The molecule has 0 atom stereocenters. The van der Waals surface area contributed by atoms with E-state index in [4.69, 9.17) is 4.98 Å². The number of benzene rings is 6. The number of aromatic nitrogens is 2. The van der Waals surface area contributed by atoms with Crippen LogP contribution in [0.1, 0.15) is 0 Å². The van der Waals surface area contributed by atoms with Crippen LogP contribution in [0.2, 0.25) is 0 Å². The minimum atomic E-state index is 1.02. The average Bonchev–Trinajstić information content (AvgIpc) is 3.53. The summed E-state index contributed by atoms with van der Waals surface area (Å²) in [5.74, 6) is 0. The standard InChI is InChI=1S/C37H22N2/c1-2-9-23(10-3-1)24-17-19-33-31(21-24)26-11-4-5-13-28(26)36(38-33)25-18-20-35-32(22-25)30-15-8-14-29-27-12-6-7-16-34(27)39(35)37(29)30/h1-22H. The first kappa shape index (κ1) is 20.8. The van der Waals surface area contributed by atoms with Gasteiger partial charge in [0.25, 0.3) is 0 Å². The van der Waals surface area contributed by atoms with E-state index in [0.717, 1.165) is 16.8 Å². The molecular weight excluding hydrogens is 472 g/mol.